The van der Waals surface area contributed by atoms with Crippen LogP contribution in [-0.2, 0) is 0 Å². The van der Waals surface area contributed by atoms with Gasteiger partial charge in [-0.05, 0) is 31.2 Å². The molecule has 0 bridgehead atoms. The maximum Gasteiger partial charge on any atom is 0.281 e. The molecule has 0 atom stereocenters. The van der Waals surface area contributed by atoms with E-state index in [2.05, 4.69) is 15.4 Å². The van der Waals surface area contributed by atoms with Crippen molar-refractivity contribution in [1.29, 1.82) is 0 Å². The fraction of sp³-hybridized carbons (Fsp3) is 0.0588. The summed E-state index contributed by atoms with van der Waals surface area (Å²) in [5.41, 5.74) is 0.460. The summed E-state index contributed by atoms with van der Waals surface area (Å²) in [7, 11) is 0. The highest BCUT2D eigenvalue weighted by Gasteiger charge is 2.16. The molecular formula is C17H13ClN4O2. The molecule has 0 saturated heterocycles. The predicted molar refractivity (Wildman–Crippen MR) is 91.8 cm³/mol. The number of pyridine rings is 1. The number of aromatic nitrogens is 3. The number of aryl methyl sites for hydroxylation is 1. The van der Waals surface area contributed by atoms with Crippen LogP contribution in [0.1, 0.15) is 16.2 Å². The summed E-state index contributed by atoms with van der Waals surface area (Å²) in [4.78, 5) is 28.5. The topological polar surface area (TPSA) is 76.9 Å². The maximum absolute atomic E-state index is 12.4. The van der Waals surface area contributed by atoms with E-state index >= 15 is 0 Å². The van der Waals surface area contributed by atoms with E-state index in [0.29, 0.717) is 22.2 Å². The van der Waals surface area contributed by atoms with E-state index in [-0.39, 0.29) is 5.69 Å². The molecule has 120 valence electrons. The number of rotatable bonds is 3. The Hall–Kier alpha value is -2.99. The zero-order valence-corrected chi connectivity index (χ0v) is 13.5. The molecule has 0 aliphatic heterocycles. The van der Waals surface area contributed by atoms with Crippen molar-refractivity contribution in [3.63, 3.8) is 0 Å². The van der Waals surface area contributed by atoms with E-state index in [0.717, 1.165) is 0 Å². The molecule has 3 aromatic rings. The van der Waals surface area contributed by atoms with Crippen LogP contribution >= 0.6 is 11.6 Å². The molecule has 0 aliphatic rings. The molecule has 1 amide bonds. The smallest absolute Gasteiger partial charge is 0.281 e. The number of carbonyl (C=O) groups is 1. The number of hydrogen-bond acceptors (Lipinski definition) is 4. The third-order valence-corrected chi connectivity index (χ3v) is 3.63. The third kappa shape index (κ3) is 3.18. The second kappa shape index (κ2) is 6.64. The Morgan fingerprint density at radius 2 is 1.92 bits per heavy atom. The first-order chi connectivity index (χ1) is 11.6. The number of anilines is 1. The molecule has 7 heteroatoms. The van der Waals surface area contributed by atoms with Crippen molar-refractivity contribution >= 4 is 23.3 Å². The average molecular weight is 341 g/mol. The van der Waals surface area contributed by atoms with Crippen LogP contribution in [0, 0.1) is 6.92 Å². The second-order valence-corrected chi connectivity index (χ2v) is 5.44. The van der Waals surface area contributed by atoms with Gasteiger partial charge in [-0.2, -0.15) is 5.10 Å². The zero-order chi connectivity index (χ0) is 17.1. The van der Waals surface area contributed by atoms with E-state index in [1.165, 1.54) is 10.7 Å². The molecule has 3 rings (SSSR count). The van der Waals surface area contributed by atoms with Gasteiger partial charge in [0.1, 0.15) is 5.82 Å². The van der Waals surface area contributed by atoms with Gasteiger partial charge in [0.05, 0.1) is 10.7 Å². The highest BCUT2D eigenvalue weighted by atomic mass is 35.5. The Morgan fingerprint density at radius 1 is 1.17 bits per heavy atom. The lowest BCUT2D eigenvalue weighted by Crippen LogP contribution is -2.27. The van der Waals surface area contributed by atoms with Gasteiger partial charge in [-0.3, -0.25) is 9.59 Å². The van der Waals surface area contributed by atoms with E-state index in [9.17, 15) is 9.59 Å². The molecule has 0 spiro atoms. The van der Waals surface area contributed by atoms with Crippen molar-refractivity contribution in [2.24, 2.45) is 0 Å². The molecule has 0 fully saturated rings. The first kappa shape index (κ1) is 15.9. The minimum Gasteiger partial charge on any atom is -0.305 e. The van der Waals surface area contributed by atoms with Gasteiger partial charge in [-0.1, -0.05) is 29.8 Å². The zero-order valence-electron chi connectivity index (χ0n) is 12.7. The monoisotopic (exact) mass is 340 g/mol. The summed E-state index contributed by atoms with van der Waals surface area (Å²) in [5, 5.41) is 7.20. The van der Waals surface area contributed by atoms with Crippen molar-refractivity contribution in [2.75, 3.05) is 5.32 Å². The SMILES string of the molecule is Cc1cc(=O)c(C(=O)Nc2ccccn2)nn1-c1ccccc1Cl. The number of halogens is 1. The van der Waals surface area contributed by atoms with Gasteiger partial charge in [-0.15, -0.1) is 0 Å². The molecule has 2 heterocycles. The van der Waals surface area contributed by atoms with E-state index in [1.54, 1.807) is 55.6 Å². The minimum absolute atomic E-state index is 0.230. The van der Waals surface area contributed by atoms with Crippen LogP contribution in [0.2, 0.25) is 5.02 Å². The van der Waals surface area contributed by atoms with Crippen LogP contribution in [0.5, 0.6) is 0 Å². The van der Waals surface area contributed by atoms with Crippen molar-refractivity contribution in [3.8, 4) is 5.69 Å². The summed E-state index contributed by atoms with van der Waals surface area (Å²) in [6, 6.07) is 13.5. The lowest BCUT2D eigenvalue weighted by Gasteiger charge is -2.12. The summed E-state index contributed by atoms with van der Waals surface area (Å²) in [6.07, 6.45) is 1.54. The number of para-hydroxylation sites is 1. The van der Waals surface area contributed by atoms with E-state index < -0.39 is 11.3 Å². The molecule has 0 unspecified atom stereocenters. The Balaban J connectivity index is 2.03. The Bertz CT molecular complexity index is 954. The molecule has 24 heavy (non-hydrogen) atoms. The molecule has 6 nitrogen and oxygen atoms in total. The lowest BCUT2D eigenvalue weighted by atomic mass is 10.2. The predicted octanol–water partition coefficient (Wildman–Crippen LogP) is 2.84. The van der Waals surface area contributed by atoms with E-state index in [1.807, 2.05) is 0 Å². The Kier molecular flexibility index (Phi) is 4.39. The van der Waals surface area contributed by atoms with Gasteiger partial charge < -0.3 is 5.32 Å². The standard InChI is InChI=1S/C17H13ClN4O2/c1-11-10-14(23)16(17(24)20-15-8-4-5-9-19-15)21-22(11)13-7-3-2-6-12(13)18/h2-10H,1H3,(H,19,20,24). The normalized spacial score (nSPS) is 10.4. The highest BCUT2D eigenvalue weighted by molar-refractivity contribution is 6.32. The van der Waals surface area contributed by atoms with Crippen LogP contribution in [0.3, 0.4) is 0 Å². The molecule has 1 N–H and O–H groups in total. The second-order valence-electron chi connectivity index (χ2n) is 5.03. The van der Waals surface area contributed by atoms with Crippen molar-refractivity contribution in [1.82, 2.24) is 14.8 Å². The van der Waals surface area contributed by atoms with Gasteiger partial charge in [-0.25, -0.2) is 9.67 Å². The van der Waals surface area contributed by atoms with Crippen LogP contribution in [0.4, 0.5) is 5.82 Å². The molecule has 1 aromatic carbocycles. The summed E-state index contributed by atoms with van der Waals surface area (Å²) in [6.45, 7) is 1.72. The number of nitrogens with one attached hydrogen (secondary N) is 1. The first-order valence-corrected chi connectivity index (χ1v) is 7.52. The molecule has 0 aliphatic carbocycles. The summed E-state index contributed by atoms with van der Waals surface area (Å²) in [5.74, 6) is -0.284. The van der Waals surface area contributed by atoms with Crippen LogP contribution < -0.4 is 10.7 Å². The van der Waals surface area contributed by atoms with Gasteiger partial charge in [0.25, 0.3) is 5.91 Å². The maximum atomic E-state index is 12.4. The fourth-order valence-corrected chi connectivity index (χ4v) is 2.40. The van der Waals surface area contributed by atoms with E-state index in [4.69, 9.17) is 11.6 Å². The highest BCUT2D eigenvalue weighted by Crippen LogP contribution is 2.19. The number of hydrogen-bond donors (Lipinski definition) is 1. The number of carbonyl (C=O) groups excluding carboxylic acids is 1. The lowest BCUT2D eigenvalue weighted by molar-refractivity contribution is 0.101. The summed E-state index contributed by atoms with van der Waals surface area (Å²) < 4.78 is 1.47. The van der Waals surface area contributed by atoms with Gasteiger partial charge in [0.2, 0.25) is 5.43 Å². The van der Waals surface area contributed by atoms with Gasteiger partial charge in [0, 0.05) is 18.0 Å². The van der Waals surface area contributed by atoms with Crippen LogP contribution in [-0.4, -0.2) is 20.7 Å². The quantitative estimate of drug-likeness (QED) is 0.795. The fourth-order valence-electron chi connectivity index (χ4n) is 2.18. The third-order valence-electron chi connectivity index (χ3n) is 3.31. The first-order valence-electron chi connectivity index (χ1n) is 7.14. The Labute approximate surface area is 142 Å². The Morgan fingerprint density at radius 3 is 2.62 bits per heavy atom. The molecule has 0 saturated carbocycles. The van der Waals surface area contributed by atoms with Crippen LogP contribution in [0.25, 0.3) is 5.69 Å². The van der Waals surface area contributed by atoms with Gasteiger partial charge in [0.15, 0.2) is 5.69 Å². The number of benzene rings is 1. The molecule has 2 aromatic heterocycles. The molecule has 0 radical (unpaired) electrons. The number of nitrogens with zero attached hydrogens (tertiary/aromatic N) is 3. The minimum atomic E-state index is -0.625. The molecular weight excluding hydrogens is 328 g/mol. The van der Waals surface area contributed by atoms with Crippen molar-refractivity contribution < 1.29 is 4.79 Å². The van der Waals surface area contributed by atoms with Gasteiger partial charge >= 0.3 is 0 Å². The summed E-state index contributed by atoms with van der Waals surface area (Å²) >= 11 is 6.18. The van der Waals surface area contributed by atoms with Crippen molar-refractivity contribution in [3.05, 3.63) is 81.4 Å². The number of amides is 1. The van der Waals surface area contributed by atoms with Crippen molar-refractivity contribution in [2.45, 2.75) is 6.92 Å². The average Bonchev–Trinajstić information content (AvgIpc) is 2.57. The van der Waals surface area contributed by atoms with Crippen LogP contribution in [0.15, 0.2) is 59.5 Å². The largest absolute Gasteiger partial charge is 0.305 e.